The summed E-state index contributed by atoms with van der Waals surface area (Å²) in [4.78, 5) is 0. The Hall–Kier alpha value is 0.254. The molecule has 0 bridgehead atoms. The summed E-state index contributed by atoms with van der Waals surface area (Å²) in [5.41, 5.74) is 8.37. The molecule has 0 aromatic heterocycles. The van der Waals surface area contributed by atoms with E-state index in [1.165, 1.54) is 33.4 Å². The van der Waals surface area contributed by atoms with Crippen LogP contribution in [0, 0.1) is 12.2 Å². The van der Waals surface area contributed by atoms with Crippen LogP contribution in [0.1, 0.15) is 54.4 Å². The van der Waals surface area contributed by atoms with E-state index in [1.54, 1.807) is 0 Å². The van der Waals surface area contributed by atoms with Gasteiger partial charge in [-0.25, -0.2) is 34.4 Å². The van der Waals surface area contributed by atoms with E-state index in [9.17, 15) is 0 Å². The summed E-state index contributed by atoms with van der Waals surface area (Å²) in [6.07, 6.45) is 8.81. The SMILES string of the molecule is CC1=[C-]C(C)=C(C)C1.CC1=[C-]C(C)=C(C)C1.[Cl-].[Cl-].[Ti+4]. The van der Waals surface area contributed by atoms with Gasteiger partial charge in [0.2, 0.25) is 0 Å². The maximum atomic E-state index is 3.26. The van der Waals surface area contributed by atoms with Gasteiger partial charge in [-0.2, -0.15) is 11.1 Å². The Morgan fingerprint density at radius 2 is 0.895 bits per heavy atom. The number of halogens is 2. The molecule has 0 heterocycles. The van der Waals surface area contributed by atoms with E-state index in [-0.39, 0.29) is 46.5 Å². The predicted octanol–water partition coefficient (Wildman–Crippen LogP) is -1.04. The molecule has 0 unspecified atom stereocenters. The van der Waals surface area contributed by atoms with E-state index < -0.39 is 0 Å². The molecular weight excluding hydrogens is 311 g/mol. The third-order valence-corrected chi connectivity index (χ3v) is 3.14. The van der Waals surface area contributed by atoms with Crippen LogP contribution in [0.5, 0.6) is 0 Å². The molecule has 0 atom stereocenters. The van der Waals surface area contributed by atoms with Gasteiger partial charge in [0, 0.05) is 0 Å². The van der Waals surface area contributed by atoms with E-state index in [1.807, 2.05) is 0 Å². The summed E-state index contributed by atoms with van der Waals surface area (Å²) in [7, 11) is 0. The Morgan fingerprint density at radius 3 is 0.947 bits per heavy atom. The summed E-state index contributed by atoms with van der Waals surface area (Å²) in [6, 6.07) is 0. The number of allylic oxidation sites excluding steroid dienone is 8. The van der Waals surface area contributed by atoms with Crippen molar-refractivity contribution in [3.8, 4) is 0 Å². The molecule has 0 spiro atoms. The van der Waals surface area contributed by atoms with Gasteiger partial charge in [0.25, 0.3) is 0 Å². The average molecular weight is 333 g/mol. The van der Waals surface area contributed by atoms with Gasteiger partial charge in [-0.3, -0.25) is 0 Å². The average Bonchev–Trinajstić information content (AvgIpc) is 2.58. The molecule has 3 heteroatoms. The molecule has 0 fully saturated rings. The minimum absolute atomic E-state index is 0. The minimum Gasteiger partial charge on any atom is -1.00 e. The van der Waals surface area contributed by atoms with Gasteiger partial charge < -0.3 is 24.8 Å². The first kappa shape index (κ1) is 24.3. The van der Waals surface area contributed by atoms with Crippen LogP contribution in [0.3, 0.4) is 0 Å². The molecule has 0 amide bonds. The smallest absolute Gasteiger partial charge is 1.00 e. The number of hydrogen-bond donors (Lipinski definition) is 0. The van der Waals surface area contributed by atoms with Crippen molar-refractivity contribution in [3.05, 3.63) is 45.6 Å². The largest absolute Gasteiger partial charge is 4.00 e. The molecule has 19 heavy (non-hydrogen) atoms. The van der Waals surface area contributed by atoms with Gasteiger partial charge in [-0.15, -0.1) is 13.8 Å². The minimum atomic E-state index is 0. The second-order valence-corrected chi connectivity index (χ2v) is 4.97. The first-order chi connectivity index (χ1) is 7.40. The standard InChI is InChI=1S/2C8H11.2ClH.Ti/c2*1-6-4-7(2)8(3)5-6;;;/h2*4H2,1-3H3;2*1H;/q2*-1;;;+4/p-2. The van der Waals surface area contributed by atoms with Crippen molar-refractivity contribution in [3.63, 3.8) is 0 Å². The first-order valence-electron chi connectivity index (χ1n) is 5.91. The molecule has 0 aromatic carbocycles. The molecule has 2 aliphatic carbocycles. The van der Waals surface area contributed by atoms with Crippen molar-refractivity contribution in [2.75, 3.05) is 0 Å². The second-order valence-electron chi connectivity index (χ2n) is 4.97. The maximum absolute atomic E-state index is 3.26. The van der Waals surface area contributed by atoms with Crippen molar-refractivity contribution >= 4 is 0 Å². The molecule has 2 rings (SSSR count). The molecule has 0 N–H and O–H groups in total. The molecular formula is C16H22Cl2Ti. The fourth-order valence-electron chi connectivity index (χ4n) is 2.00. The second kappa shape index (κ2) is 11.0. The summed E-state index contributed by atoms with van der Waals surface area (Å²) in [5.74, 6) is 0. The zero-order valence-corrected chi connectivity index (χ0v) is 15.7. The van der Waals surface area contributed by atoms with Gasteiger partial charge in [-0.05, 0) is 0 Å². The van der Waals surface area contributed by atoms with Crippen molar-refractivity contribution < 1.29 is 46.5 Å². The van der Waals surface area contributed by atoms with Crippen LogP contribution in [0.15, 0.2) is 33.4 Å². The molecule has 104 valence electrons. The fraction of sp³-hybridized carbons (Fsp3) is 0.500. The van der Waals surface area contributed by atoms with Gasteiger partial charge in [0.1, 0.15) is 0 Å². The van der Waals surface area contributed by atoms with E-state index in [0.717, 1.165) is 12.8 Å². The van der Waals surface area contributed by atoms with Crippen LogP contribution >= 0.6 is 0 Å². The van der Waals surface area contributed by atoms with Crippen LogP contribution < -0.4 is 24.8 Å². The monoisotopic (exact) mass is 332 g/mol. The zero-order chi connectivity index (χ0) is 12.3. The molecule has 0 radical (unpaired) electrons. The van der Waals surface area contributed by atoms with Crippen molar-refractivity contribution in [1.29, 1.82) is 0 Å². The van der Waals surface area contributed by atoms with Crippen LogP contribution in [-0.4, -0.2) is 0 Å². The van der Waals surface area contributed by atoms with Crippen molar-refractivity contribution in [2.45, 2.75) is 54.4 Å². The van der Waals surface area contributed by atoms with E-state index in [2.05, 4.69) is 53.7 Å². The van der Waals surface area contributed by atoms with Crippen molar-refractivity contribution in [1.82, 2.24) is 0 Å². The van der Waals surface area contributed by atoms with E-state index >= 15 is 0 Å². The van der Waals surface area contributed by atoms with Gasteiger partial charge in [-0.1, -0.05) is 40.5 Å². The topological polar surface area (TPSA) is 0 Å². The first-order valence-corrected chi connectivity index (χ1v) is 5.91. The fourth-order valence-corrected chi connectivity index (χ4v) is 2.00. The molecule has 0 saturated heterocycles. The van der Waals surface area contributed by atoms with Crippen LogP contribution in [0.2, 0.25) is 0 Å². The Kier molecular flexibility index (Phi) is 14.0. The summed E-state index contributed by atoms with van der Waals surface area (Å²) < 4.78 is 0. The Morgan fingerprint density at radius 1 is 0.632 bits per heavy atom. The van der Waals surface area contributed by atoms with Crippen LogP contribution in [-0.2, 0) is 21.7 Å². The van der Waals surface area contributed by atoms with Crippen molar-refractivity contribution in [2.24, 2.45) is 0 Å². The molecule has 0 saturated carbocycles. The normalized spacial score (nSPS) is 16.5. The Balaban J connectivity index is -0.000000233. The predicted molar refractivity (Wildman–Crippen MR) is 70.8 cm³/mol. The molecule has 0 nitrogen and oxygen atoms in total. The number of rotatable bonds is 0. The van der Waals surface area contributed by atoms with E-state index in [0.29, 0.717) is 0 Å². The van der Waals surface area contributed by atoms with E-state index in [4.69, 9.17) is 0 Å². The molecule has 2 aliphatic rings. The zero-order valence-electron chi connectivity index (χ0n) is 12.7. The summed E-state index contributed by atoms with van der Waals surface area (Å²) in [5, 5.41) is 0. The molecule has 0 aromatic rings. The quantitative estimate of drug-likeness (QED) is 0.392. The summed E-state index contributed by atoms with van der Waals surface area (Å²) in [6.45, 7) is 12.8. The molecule has 0 aliphatic heterocycles. The van der Waals surface area contributed by atoms with Gasteiger partial charge in [0.15, 0.2) is 0 Å². The summed E-state index contributed by atoms with van der Waals surface area (Å²) >= 11 is 0. The third kappa shape index (κ3) is 8.20. The third-order valence-electron chi connectivity index (χ3n) is 3.14. The van der Waals surface area contributed by atoms with Gasteiger partial charge >= 0.3 is 21.7 Å². The van der Waals surface area contributed by atoms with Crippen LogP contribution in [0.25, 0.3) is 0 Å². The number of hydrogen-bond acceptors (Lipinski definition) is 0. The van der Waals surface area contributed by atoms with Gasteiger partial charge in [0.05, 0.1) is 0 Å². The Labute approximate surface area is 146 Å². The Bertz CT molecular complexity index is 372. The van der Waals surface area contributed by atoms with Crippen LogP contribution in [0.4, 0.5) is 0 Å². The maximum Gasteiger partial charge on any atom is 4.00 e.